The van der Waals surface area contributed by atoms with Crippen molar-refractivity contribution in [3.8, 4) is 12.1 Å². The molecule has 7 rings (SSSR count). The zero-order valence-electron chi connectivity index (χ0n) is 24.4. The van der Waals surface area contributed by atoms with E-state index in [-0.39, 0.29) is 5.82 Å². The Morgan fingerprint density at radius 1 is 0.630 bits per heavy atom. The number of nitrogens with zero attached hydrogens (tertiary/aromatic N) is 3. The third-order valence-electron chi connectivity index (χ3n) is 8.06. The van der Waals surface area contributed by atoms with Gasteiger partial charge in [-0.1, -0.05) is 54.6 Å². The summed E-state index contributed by atoms with van der Waals surface area (Å²) in [5.74, 6) is -0.774. The highest BCUT2D eigenvalue weighted by Gasteiger charge is 2.19. The first-order valence-electron chi connectivity index (χ1n) is 14.6. The minimum atomic E-state index is -0.449. The molecule has 0 aromatic heterocycles. The first-order valence-corrected chi connectivity index (χ1v) is 14.6. The number of anilines is 4. The van der Waals surface area contributed by atoms with Gasteiger partial charge < -0.3 is 10.2 Å². The van der Waals surface area contributed by atoms with Crippen LogP contribution in [-0.4, -0.2) is 0 Å². The van der Waals surface area contributed by atoms with Crippen LogP contribution in [0.15, 0.2) is 139 Å². The second-order valence-electron chi connectivity index (χ2n) is 10.8. The molecule has 4 nitrogen and oxygen atoms in total. The van der Waals surface area contributed by atoms with Gasteiger partial charge in [0.2, 0.25) is 0 Å². The van der Waals surface area contributed by atoms with Crippen molar-refractivity contribution in [2.45, 2.75) is 0 Å². The monoisotopic (exact) mass is 598 g/mol. The van der Waals surface area contributed by atoms with E-state index in [1.807, 2.05) is 30.3 Å². The Kier molecular flexibility index (Phi) is 7.31. The van der Waals surface area contributed by atoms with E-state index in [2.05, 4.69) is 52.7 Å². The summed E-state index contributed by atoms with van der Waals surface area (Å²) in [6.07, 6.45) is 4.36. The Hall–Kier alpha value is -6.50. The van der Waals surface area contributed by atoms with Crippen molar-refractivity contribution in [2.75, 3.05) is 10.2 Å². The molecule has 0 saturated heterocycles. The van der Waals surface area contributed by atoms with Crippen LogP contribution in [0.2, 0.25) is 0 Å². The SMILES string of the molecule is N#Cc1ccc(/C=C\C(F)=C/Nc2ccc3ccc4c(N(c5ccc(F)cc5)c5ccc(C#N)cc5)ccc5ccc2c3c54)cc1. The lowest BCUT2D eigenvalue weighted by Crippen LogP contribution is -2.10. The lowest BCUT2D eigenvalue weighted by atomic mass is 9.92. The first-order chi connectivity index (χ1) is 22.5. The first kappa shape index (κ1) is 28.3. The molecule has 0 heterocycles. The quantitative estimate of drug-likeness (QED) is 0.146. The van der Waals surface area contributed by atoms with Crippen molar-refractivity contribution in [3.63, 3.8) is 0 Å². The van der Waals surface area contributed by atoms with Crippen LogP contribution < -0.4 is 10.2 Å². The molecule has 0 radical (unpaired) electrons. The van der Waals surface area contributed by atoms with E-state index < -0.39 is 5.83 Å². The molecule has 6 heteroatoms. The molecule has 7 aromatic carbocycles. The maximum atomic E-state index is 14.9. The second-order valence-corrected chi connectivity index (χ2v) is 10.8. The fourth-order valence-corrected chi connectivity index (χ4v) is 5.85. The van der Waals surface area contributed by atoms with Gasteiger partial charge in [0.1, 0.15) is 11.6 Å². The Labute approximate surface area is 264 Å². The molecule has 1 N–H and O–H groups in total. The molecule has 46 heavy (non-hydrogen) atoms. The molecule has 0 spiro atoms. The molecule has 0 saturated carbocycles. The average Bonchev–Trinajstić information content (AvgIpc) is 3.11. The highest BCUT2D eigenvalue weighted by molar-refractivity contribution is 6.27. The Bertz CT molecular complexity index is 2360. The maximum Gasteiger partial charge on any atom is 0.139 e. The number of nitrogens with one attached hydrogen (secondary N) is 1. The zero-order chi connectivity index (χ0) is 31.6. The highest BCUT2D eigenvalue weighted by atomic mass is 19.1. The van der Waals surface area contributed by atoms with Crippen molar-refractivity contribution in [1.82, 2.24) is 0 Å². The minimum Gasteiger partial charge on any atom is -0.359 e. The molecule has 0 aliphatic carbocycles. The van der Waals surface area contributed by atoms with Gasteiger partial charge in [-0.05, 0) is 106 Å². The smallest absolute Gasteiger partial charge is 0.139 e. The van der Waals surface area contributed by atoms with Gasteiger partial charge in [0.25, 0.3) is 0 Å². The van der Waals surface area contributed by atoms with Gasteiger partial charge >= 0.3 is 0 Å². The van der Waals surface area contributed by atoms with Crippen molar-refractivity contribution in [1.29, 1.82) is 10.5 Å². The number of halogens is 2. The molecular formula is C40H24F2N4. The molecule has 0 amide bonds. The maximum absolute atomic E-state index is 14.9. The second kappa shape index (κ2) is 11.9. The van der Waals surface area contributed by atoms with Gasteiger partial charge in [0, 0.05) is 34.0 Å². The number of rotatable bonds is 7. The zero-order valence-corrected chi connectivity index (χ0v) is 24.4. The molecule has 0 atom stereocenters. The largest absolute Gasteiger partial charge is 0.359 e. The molecule has 0 aliphatic heterocycles. The highest BCUT2D eigenvalue weighted by Crippen LogP contribution is 2.45. The fraction of sp³-hybridized carbons (Fsp3) is 0. The Morgan fingerprint density at radius 2 is 1.17 bits per heavy atom. The predicted molar refractivity (Wildman–Crippen MR) is 183 cm³/mol. The third-order valence-corrected chi connectivity index (χ3v) is 8.06. The summed E-state index contributed by atoms with van der Waals surface area (Å²) in [5, 5.41) is 27.6. The van der Waals surface area contributed by atoms with Crippen LogP contribution in [-0.2, 0) is 0 Å². The summed E-state index contributed by atoms with van der Waals surface area (Å²) in [4.78, 5) is 2.06. The van der Waals surface area contributed by atoms with Crippen molar-refractivity contribution in [2.24, 2.45) is 0 Å². The van der Waals surface area contributed by atoms with E-state index >= 15 is 0 Å². The van der Waals surface area contributed by atoms with E-state index in [0.29, 0.717) is 11.1 Å². The molecular weight excluding hydrogens is 574 g/mol. The van der Waals surface area contributed by atoms with Crippen LogP contribution >= 0.6 is 0 Å². The summed E-state index contributed by atoms with van der Waals surface area (Å²) in [6.45, 7) is 0. The molecule has 0 unspecified atom stereocenters. The van der Waals surface area contributed by atoms with E-state index in [9.17, 15) is 14.0 Å². The molecule has 7 aromatic rings. The topological polar surface area (TPSA) is 62.9 Å². The lowest BCUT2D eigenvalue weighted by molar-refractivity contribution is 0.628. The minimum absolute atomic E-state index is 0.325. The van der Waals surface area contributed by atoms with Crippen molar-refractivity contribution >= 4 is 61.1 Å². The predicted octanol–water partition coefficient (Wildman–Crippen LogP) is 10.9. The van der Waals surface area contributed by atoms with Crippen molar-refractivity contribution in [3.05, 3.63) is 162 Å². The van der Waals surface area contributed by atoms with E-state index in [1.165, 1.54) is 24.4 Å². The van der Waals surface area contributed by atoms with Gasteiger partial charge in [-0.3, -0.25) is 0 Å². The van der Waals surface area contributed by atoms with Gasteiger partial charge in [-0.25, -0.2) is 8.78 Å². The number of hydrogen-bond acceptors (Lipinski definition) is 4. The summed E-state index contributed by atoms with van der Waals surface area (Å²) in [6, 6.07) is 41.2. The molecule has 218 valence electrons. The lowest BCUT2D eigenvalue weighted by Gasteiger charge is -2.28. The van der Waals surface area contributed by atoms with Crippen LogP contribution in [0.5, 0.6) is 0 Å². The molecule has 0 fully saturated rings. The average molecular weight is 599 g/mol. The third kappa shape index (κ3) is 5.26. The van der Waals surface area contributed by atoms with Gasteiger partial charge in [0.05, 0.1) is 29.0 Å². The van der Waals surface area contributed by atoms with Crippen LogP contribution in [0.4, 0.5) is 31.5 Å². The van der Waals surface area contributed by atoms with E-state index in [1.54, 1.807) is 54.6 Å². The number of hydrogen-bond donors (Lipinski definition) is 1. The summed E-state index contributed by atoms with van der Waals surface area (Å²) in [5.41, 5.74) is 5.15. The van der Waals surface area contributed by atoms with Crippen molar-refractivity contribution < 1.29 is 8.78 Å². The standard InChI is InChI=1S/C40H24F2N4/c41-31-13-17-34(18-14-31)46(33-15-6-28(24-44)7-16-33)38-22-11-30-8-19-35-37(21-10-29-9-20-36(38)40(30)39(29)35)45-25-32(42)12-5-26-1-3-27(23-43)4-2-26/h1-22,25,45H/b12-5-,32-25+. The van der Waals surface area contributed by atoms with Crippen LogP contribution in [0.25, 0.3) is 38.4 Å². The number of benzene rings is 7. The summed E-state index contributed by atoms with van der Waals surface area (Å²) >= 11 is 0. The van der Waals surface area contributed by atoms with Crippen LogP contribution in [0.3, 0.4) is 0 Å². The summed E-state index contributed by atoms with van der Waals surface area (Å²) < 4.78 is 28.8. The van der Waals surface area contributed by atoms with Crippen LogP contribution in [0.1, 0.15) is 16.7 Å². The molecule has 0 aliphatic rings. The number of allylic oxidation sites excluding steroid dienone is 2. The van der Waals surface area contributed by atoms with E-state index in [4.69, 9.17) is 5.26 Å². The summed E-state index contributed by atoms with van der Waals surface area (Å²) in [7, 11) is 0. The van der Waals surface area contributed by atoms with Gasteiger partial charge in [-0.15, -0.1) is 0 Å². The van der Waals surface area contributed by atoms with Crippen LogP contribution in [0, 0.1) is 28.5 Å². The fourth-order valence-electron chi connectivity index (χ4n) is 5.85. The molecule has 0 bridgehead atoms. The Balaban J connectivity index is 1.32. The van der Waals surface area contributed by atoms with E-state index in [0.717, 1.165) is 60.6 Å². The normalized spacial score (nSPS) is 11.7. The Morgan fingerprint density at radius 3 is 1.83 bits per heavy atom. The van der Waals surface area contributed by atoms with Gasteiger partial charge in [-0.2, -0.15) is 10.5 Å². The number of nitriles is 2. The van der Waals surface area contributed by atoms with Gasteiger partial charge in [0.15, 0.2) is 0 Å².